The van der Waals surface area contributed by atoms with Gasteiger partial charge in [0.2, 0.25) is 5.91 Å². The molecule has 3 rings (SSSR count). The van der Waals surface area contributed by atoms with Gasteiger partial charge in [-0.15, -0.1) is 21.5 Å². The van der Waals surface area contributed by atoms with Crippen molar-refractivity contribution in [3.8, 4) is 11.5 Å². The van der Waals surface area contributed by atoms with Crippen LogP contribution < -0.4 is 14.8 Å². The first-order valence-electron chi connectivity index (χ1n) is 11.1. The Bertz CT molecular complexity index is 1290. The van der Waals surface area contributed by atoms with Crippen LogP contribution in [0.2, 0.25) is 0 Å². The third-order valence-electron chi connectivity index (χ3n) is 5.33. The Morgan fingerprint density at radius 3 is 2.38 bits per heavy atom. The number of benzene rings is 1. The number of aromatic nitrogens is 3. The number of amides is 2. The number of hydrogen-bond donors (Lipinski definition) is 1. The fourth-order valence-corrected chi connectivity index (χ4v) is 5.32. The van der Waals surface area contributed by atoms with Crippen LogP contribution in [0.1, 0.15) is 44.4 Å². The van der Waals surface area contributed by atoms with Crippen molar-refractivity contribution in [2.75, 3.05) is 39.4 Å². The first-order valence-corrected chi connectivity index (χ1v) is 12.9. The van der Waals surface area contributed by atoms with Gasteiger partial charge in [-0.1, -0.05) is 11.8 Å². The van der Waals surface area contributed by atoms with E-state index in [0.717, 1.165) is 17.1 Å². The third-order valence-corrected chi connectivity index (χ3v) is 7.54. The van der Waals surface area contributed by atoms with Crippen LogP contribution in [-0.4, -0.2) is 71.5 Å². The number of nitrogens with one attached hydrogen (secondary N) is 1. The molecular formula is C24H29N5O6S2. The lowest BCUT2D eigenvalue weighted by Crippen LogP contribution is -2.21. The van der Waals surface area contributed by atoms with Crippen molar-refractivity contribution in [3.63, 3.8) is 0 Å². The minimum Gasteiger partial charge on any atom is -0.497 e. The summed E-state index contributed by atoms with van der Waals surface area (Å²) in [5, 5.41) is 11.9. The molecule has 1 atom stereocenters. The Kier molecular flexibility index (Phi) is 9.16. The summed E-state index contributed by atoms with van der Waals surface area (Å²) in [6.07, 6.45) is -0.390. The van der Waals surface area contributed by atoms with Crippen molar-refractivity contribution >= 4 is 45.9 Å². The Hall–Kier alpha value is -3.58. The zero-order valence-corrected chi connectivity index (χ0v) is 23.3. The van der Waals surface area contributed by atoms with Gasteiger partial charge in [0.1, 0.15) is 16.5 Å². The van der Waals surface area contributed by atoms with E-state index in [1.165, 1.54) is 23.8 Å². The van der Waals surface area contributed by atoms with Crippen LogP contribution in [0.25, 0.3) is 0 Å². The summed E-state index contributed by atoms with van der Waals surface area (Å²) in [6.45, 7) is 3.51. The molecule has 2 heterocycles. The number of carbonyl (C=O) groups excluding carboxylic acids is 3. The third kappa shape index (κ3) is 6.41. The molecule has 0 saturated heterocycles. The summed E-state index contributed by atoms with van der Waals surface area (Å²) in [5.74, 6) is 0.726. The van der Waals surface area contributed by atoms with Crippen molar-refractivity contribution in [2.45, 2.75) is 25.1 Å². The molecule has 0 aliphatic carbocycles. The van der Waals surface area contributed by atoms with Crippen LogP contribution in [0.3, 0.4) is 0 Å². The number of methoxy groups -OCH3 is 2. The van der Waals surface area contributed by atoms with E-state index in [4.69, 9.17) is 14.2 Å². The molecule has 2 amide bonds. The molecule has 2 aromatic heterocycles. The maximum absolute atomic E-state index is 12.8. The van der Waals surface area contributed by atoms with Crippen molar-refractivity contribution in [1.29, 1.82) is 0 Å². The second-order valence-electron chi connectivity index (χ2n) is 8.12. The molecule has 1 aromatic carbocycles. The molecule has 0 fully saturated rings. The van der Waals surface area contributed by atoms with Gasteiger partial charge in [-0.05, 0) is 43.7 Å². The van der Waals surface area contributed by atoms with E-state index in [2.05, 4.69) is 15.5 Å². The van der Waals surface area contributed by atoms with E-state index in [0.29, 0.717) is 27.2 Å². The Balaban J connectivity index is 1.68. The lowest BCUT2D eigenvalue weighted by atomic mass is 10.1. The largest absolute Gasteiger partial charge is 0.497 e. The van der Waals surface area contributed by atoms with Crippen molar-refractivity contribution in [2.24, 2.45) is 7.05 Å². The van der Waals surface area contributed by atoms with Gasteiger partial charge in [0.05, 0.1) is 30.4 Å². The average molecular weight is 548 g/mol. The van der Waals surface area contributed by atoms with E-state index in [-0.39, 0.29) is 28.1 Å². The maximum atomic E-state index is 12.8. The summed E-state index contributed by atoms with van der Waals surface area (Å²) >= 11 is 2.22. The monoisotopic (exact) mass is 547 g/mol. The highest BCUT2D eigenvalue weighted by atomic mass is 32.2. The SMILES string of the molecule is COC(=O)c1c(NC(=O)CSc2nnc(C(C)Oc3ccc(OC)cc3)n2C)sc(C(=O)N(C)C)c1C. The molecule has 0 bridgehead atoms. The van der Waals surface area contributed by atoms with Gasteiger partial charge in [-0.2, -0.15) is 0 Å². The molecule has 0 aliphatic rings. The second kappa shape index (κ2) is 12.1. The first-order chi connectivity index (χ1) is 17.6. The number of rotatable bonds is 10. The van der Waals surface area contributed by atoms with E-state index < -0.39 is 12.1 Å². The molecule has 0 saturated carbocycles. The van der Waals surface area contributed by atoms with E-state index in [1.54, 1.807) is 64.0 Å². The quantitative estimate of drug-likeness (QED) is 0.300. The van der Waals surface area contributed by atoms with Gasteiger partial charge in [-0.25, -0.2) is 4.79 Å². The predicted octanol–water partition coefficient (Wildman–Crippen LogP) is 3.55. The number of ether oxygens (including phenoxy) is 3. The molecule has 198 valence electrons. The maximum Gasteiger partial charge on any atom is 0.341 e. The summed E-state index contributed by atoms with van der Waals surface area (Å²) in [4.78, 5) is 39.4. The van der Waals surface area contributed by atoms with Crippen LogP contribution in [0.5, 0.6) is 11.5 Å². The number of anilines is 1. The van der Waals surface area contributed by atoms with Gasteiger partial charge in [0.25, 0.3) is 5.91 Å². The second-order valence-corrected chi connectivity index (χ2v) is 10.1. The van der Waals surface area contributed by atoms with Crippen molar-refractivity contribution in [1.82, 2.24) is 19.7 Å². The summed E-state index contributed by atoms with van der Waals surface area (Å²) in [5.41, 5.74) is 0.629. The molecule has 11 nitrogen and oxygen atoms in total. The number of thiophene rings is 1. The molecule has 3 aromatic rings. The fourth-order valence-electron chi connectivity index (χ4n) is 3.37. The van der Waals surface area contributed by atoms with Crippen LogP contribution in [0.15, 0.2) is 29.4 Å². The fraction of sp³-hybridized carbons (Fsp3) is 0.375. The molecule has 1 unspecified atom stereocenters. The van der Waals surface area contributed by atoms with Crippen LogP contribution in [-0.2, 0) is 16.6 Å². The summed E-state index contributed by atoms with van der Waals surface area (Å²) in [7, 11) is 7.87. The van der Waals surface area contributed by atoms with Gasteiger partial charge in [-0.3, -0.25) is 9.59 Å². The van der Waals surface area contributed by atoms with E-state index in [9.17, 15) is 14.4 Å². The molecule has 1 N–H and O–H groups in total. The Morgan fingerprint density at radius 2 is 1.78 bits per heavy atom. The summed E-state index contributed by atoms with van der Waals surface area (Å²) < 4.78 is 17.7. The molecule has 13 heteroatoms. The number of esters is 1. The van der Waals surface area contributed by atoms with E-state index >= 15 is 0 Å². The zero-order valence-electron chi connectivity index (χ0n) is 21.6. The molecule has 0 spiro atoms. The highest BCUT2D eigenvalue weighted by molar-refractivity contribution is 7.99. The normalized spacial score (nSPS) is 11.5. The minimum absolute atomic E-state index is 0.00815. The zero-order chi connectivity index (χ0) is 27.3. The summed E-state index contributed by atoms with van der Waals surface area (Å²) in [6, 6.07) is 7.22. The van der Waals surface area contributed by atoms with Gasteiger partial charge >= 0.3 is 5.97 Å². The van der Waals surface area contributed by atoms with Crippen molar-refractivity contribution < 1.29 is 28.6 Å². The Morgan fingerprint density at radius 1 is 1.14 bits per heavy atom. The minimum atomic E-state index is -0.627. The van der Waals surface area contributed by atoms with Gasteiger partial charge in [0, 0.05) is 21.1 Å². The highest BCUT2D eigenvalue weighted by Gasteiger charge is 2.27. The standard InChI is InChI=1S/C24H29N5O6S2/c1-13-18(23(32)34-7)21(37-19(13)22(31)28(3)4)25-17(30)12-36-24-27-26-20(29(24)5)14(2)35-16-10-8-15(33-6)9-11-16/h8-11,14H,12H2,1-7H3,(H,25,30). The smallest absolute Gasteiger partial charge is 0.341 e. The topological polar surface area (TPSA) is 125 Å². The van der Waals surface area contributed by atoms with Gasteiger partial charge < -0.3 is 29.0 Å². The highest BCUT2D eigenvalue weighted by Crippen LogP contribution is 2.34. The average Bonchev–Trinajstić information content (AvgIpc) is 3.41. The van der Waals surface area contributed by atoms with Gasteiger partial charge in [0.15, 0.2) is 17.1 Å². The first kappa shape index (κ1) is 28.0. The van der Waals surface area contributed by atoms with Crippen LogP contribution in [0, 0.1) is 6.92 Å². The lowest BCUT2D eigenvalue weighted by molar-refractivity contribution is -0.113. The van der Waals surface area contributed by atoms with Crippen molar-refractivity contribution in [3.05, 3.63) is 46.1 Å². The number of hydrogen-bond acceptors (Lipinski definition) is 10. The van der Waals surface area contributed by atoms with Crippen LogP contribution in [0.4, 0.5) is 5.00 Å². The van der Waals surface area contributed by atoms with E-state index in [1.807, 2.05) is 6.92 Å². The number of thioether (sulfide) groups is 1. The number of carbonyl (C=O) groups is 3. The lowest BCUT2D eigenvalue weighted by Gasteiger charge is -2.14. The Labute approximate surface area is 223 Å². The van der Waals surface area contributed by atoms with Crippen LogP contribution >= 0.6 is 23.1 Å². The molecular weight excluding hydrogens is 518 g/mol. The molecule has 0 radical (unpaired) electrons. The molecule has 37 heavy (non-hydrogen) atoms. The number of nitrogens with zero attached hydrogens (tertiary/aromatic N) is 4. The predicted molar refractivity (Wildman–Crippen MR) is 141 cm³/mol. The molecule has 0 aliphatic heterocycles.